The summed E-state index contributed by atoms with van der Waals surface area (Å²) in [6, 6.07) is 16.4. The van der Waals surface area contributed by atoms with Gasteiger partial charge in [0.15, 0.2) is 0 Å². The SMILES string of the molecule is Cl.Cl.Clc1cccc(CO[C@@H]2COc3ccccc3[C@H]2N2CCNCC2)c1. The van der Waals surface area contributed by atoms with Crippen LogP contribution in [0.4, 0.5) is 0 Å². The molecule has 0 unspecified atom stereocenters. The topological polar surface area (TPSA) is 33.7 Å². The number of halogens is 3. The lowest BCUT2D eigenvalue weighted by Crippen LogP contribution is -2.51. The highest BCUT2D eigenvalue weighted by Crippen LogP contribution is 2.37. The Morgan fingerprint density at radius 3 is 2.63 bits per heavy atom. The first-order chi connectivity index (χ1) is 12.3. The summed E-state index contributed by atoms with van der Waals surface area (Å²) in [5, 5.41) is 4.17. The molecule has 0 saturated carbocycles. The molecule has 2 atom stereocenters. The average Bonchev–Trinajstić information content (AvgIpc) is 2.66. The van der Waals surface area contributed by atoms with Crippen LogP contribution in [0.5, 0.6) is 5.75 Å². The third-order valence-corrected chi connectivity index (χ3v) is 5.13. The predicted octanol–water partition coefficient (Wildman–Crippen LogP) is 4.11. The van der Waals surface area contributed by atoms with Crippen molar-refractivity contribution < 1.29 is 9.47 Å². The zero-order valence-corrected chi connectivity index (χ0v) is 17.4. The zero-order valence-electron chi connectivity index (χ0n) is 15.0. The minimum absolute atomic E-state index is 0. The highest BCUT2D eigenvalue weighted by Gasteiger charge is 2.36. The number of hydrogen-bond donors (Lipinski definition) is 1. The smallest absolute Gasteiger partial charge is 0.124 e. The molecule has 0 amide bonds. The van der Waals surface area contributed by atoms with Crippen molar-refractivity contribution in [2.24, 2.45) is 0 Å². The molecule has 2 aromatic carbocycles. The van der Waals surface area contributed by atoms with E-state index < -0.39 is 0 Å². The summed E-state index contributed by atoms with van der Waals surface area (Å²) in [4.78, 5) is 2.51. The number of nitrogens with zero attached hydrogens (tertiary/aromatic N) is 1. The standard InChI is InChI=1S/C20H23ClN2O2.2ClH/c21-16-5-3-4-15(12-16)13-24-19-14-25-18-7-2-1-6-17(18)20(19)23-10-8-22-9-11-23;;/h1-7,12,19-20,22H,8-11,13-14H2;2*1H/t19-,20-;;/m1../s1. The Balaban J connectivity index is 0.00000131. The summed E-state index contributed by atoms with van der Waals surface area (Å²) in [5.74, 6) is 0.980. The lowest BCUT2D eigenvalue weighted by molar-refractivity contribution is -0.0617. The van der Waals surface area contributed by atoms with Gasteiger partial charge in [-0.25, -0.2) is 0 Å². The van der Waals surface area contributed by atoms with Crippen molar-refractivity contribution in [2.45, 2.75) is 18.8 Å². The summed E-state index contributed by atoms with van der Waals surface area (Å²) in [6.45, 7) is 5.19. The van der Waals surface area contributed by atoms with E-state index >= 15 is 0 Å². The molecule has 2 heterocycles. The lowest BCUT2D eigenvalue weighted by Gasteiger charge is -2.42. The number of rotatable bonds is 4. The molecule has 1 saturated heterocycles. The van der Waals surface area contributed by atoms with E-state index in [4.69, 9.17) is 21.1 Å². The summed E-state index contributed by atoms with van der Waals surface area (Å²) in [6.07, 6.45) is 0.00646. The van der Waals surface area contributed by atoms with Crippen molar-refractivity contribution in [1.29, 1.82) is 0 Å². The molecule has 0 aromatic heterocycles. The van der Waals surface area contributed by atoms with Crippen LogP contribution < -0.4 is 10.1 Å². The number of ether oxygens (including phenoxy) is 2. The van der Waals surface area contributed by atoms with Gasteiger partial charge >= 0.3 is 0 Å². The van der Waals surface area contributed by atoms with Gasteiger partial charge in [-0.15, -0.1) is 24.8 Å². The summed E-state index contributed by atoms with van der Waals surface area (Å²) in [5.41, 5.74) is 2.32. The molecule has 7 heteroatoms. The van der Waals surface area contributed by atoms with Crippen LogP contribution in [-0.2, 0) is 11.3 Å². The van der Waals surface area contributed by atoms with Gasteiger partial charge in [0.05, 0.1) is 12.6 Å². The number of piperazine rings is 1. The van der Waals surface area contributed by atoms with Crippen LogP contribution in [0.15, 0.2) is 48.5 Å². The molecule has 4 nitrogen and oxygen atoms in total. The Morgan fingerprint density at radius 1 is 1.07 bits per heavy atom. The Morgan fingerprint density at radius 2 is 1.85 bits per heavy atom. The van der Waals surface area contributed by atoms with Crippen LogP contribution >= 0.6 is 36.4 Å². The minimum Gasteiger partial charge on any atom is -0.490 e. The maximum absolute atomic E-state index is 6.30. The zero-order chi connectivity index (χ0) is 17.1. The highest BCUT2D eigenvalue weighted by atomic mass is 35.5. The predicted molar refractivity (Wildman–Crippen MR) is 114 cm³/mol. The number of para-hydroxylation sites is 1. The molecular weight excluding hydrogens is 407 g/mol. The Hall–Kier alpha value is -1.01. The van der Waals surface area contributed by atoms with Gasteiger partial charge in [0.2, 0.25) is 0 Å². The van der Waals surface area contributed by atoms with Gasteiger partial charge in [0.1, 0.15) is 18.5 Å². The van der Waals surface area contributed by atoms with Gasteiger partial charge in [0, 0.05) is 36.8 Å². The van der Waals surface area contributed by atoms with Gasteiger partial charge in [0.25, 0.3) is 0 Å². The molecule has 0 bridgehead atoms. The fraction of sp³-hybridized carbons (Fsp3) is 0.400. The number of nitrogens with one attached hydrogen (secondary N) is 1. The van der Waals surface area contributed by atoms with Crippen molar-refractivity contribution in [3.8, 4) is 5.75 Å². The summed E-state index contributed by atoms with van der Waals surface area (Å²) < 4.78 is 12.3. The van der Waals surface area contributed by atoms with Gasteiger partial charge in [-0.1, -0.05) is 41.9 Å². The molecule has 2 aromatic rings. The number of hydrogen-bond acceptors (Lipinski definition) is 4. The summed E-state index contributed by atoms with van der Waals surface area (Å²) >= 11 is 6.09. The molecule has 4 rings (SSSR count). The molecule has 2 aliphatic heterocycles. The first-order valence-electron chi connectivity index (χ1n) is 8.84. The quantitative estimate of drug-likeness (QED) is 0.790. The largest absolute Gasteiger partial charge is 0.490 e. The Labute approximate surface area is 178 Å². The van der Waals surface area contributed by atoms with Crippen molar-refractivity contribution >= 4 is 36.4 Å². The van der Waals surface area contributed by atoms with Gasteiger partial charge in [-0.05, 0) is 23.8 Å². The Bertz CT molecular complexity index is 726. The third kappa shape index (κ3) is 5.29. The monoisotopic (exact) mass is 430 g/mol. The van der Waals surface area contributed by atoms with Crippen LogP contribution in [0, 0.1) is 0 Å². The van der Waals surface area contributed by atoms with E-state index in [-0.39, 0.29) is 37.0 Å². The van der Waals surface area contributed by atoms with Crippen molar-refractivity contribution in [3.05, 3.63) is 64.7 Å². The van der Waals surface area contributed by atoms with E-state index in [0.717, 1.165) is 42.5 Å². The third-order valence-electron chi connectivity index (χ3n) is 4.89. The van der Waals surface area contributed by atoms with E-state index in [0.29, 0.717) is 13.2 Å². The molecule has 0 spiro atoms. The molecule has 1 fully saturated rings. The second-order valence-corrected chi connectivity index (χ2v) is 7.00. The Kier molecular flexibility index (Phi) is 8.67. The summed E-state index contributed by atoms with van der Waals surface area (Å²) in [7, 11) is 0. The van der Waals surface area contributed by atoms with Gasteiger partial charge in [-0.2, -0.15) is 0 Å². The molecular formula is C20H25Cl3N2O2. The first kappa shape index (κ1) is 22.3. The maximum Gasteiger partial charge on any atom is 0.124 e. The van der Waals surface area contributed by atoms with Crippen molar-refractivity contribution in [2.75, 3.05) is 32.8 Å². The molecule has 148 valence electrons. The second kappa shape index (κ2) is 10.5. The fourth-order valence-electron chi connectivity index (χ4n) is 3.68. The van der Waals surface area contributed by atoms with Crippen LogP contribution in [0.1, 0.15) is 17.2 Å². The lowest BCUT2D eigenvalue weighted by atomic mass is 9.95. The highest BCUT2D eigenvalue weighted by molar-refractivity contribution is 6.30. The van der Waals surface area contributed by atoms with Crippen LogP contribution in [0.3, 0.4) is 0 Å². The molecule has 27 heavy (non-hydrogen) atoms. The average molecular weight is 432 g/mol. The van der Waals surface area contributed by atoms with E-state index in [1.54, 1.807) is 0 Å². The van der Waals surface area contributed by atoms with Gasteiger partial charge in [-0.3, -0.25) is 4.90 Å². The van der Waals surface area contributed by atoms with E-state index in [9.17, 15) is 0 Å². The van der Waals surface area contributed by atoms with Crippen LogP contribution in [0.2, 0.25) is 5.02 Å². The van der Waals surface area contributed by atoms with Gasteiger partial charge < -0.3 is 14.8 Å². The number of benzene rings is 2. The van der Waals surface area contributed by atoms with Crippen molar-refractivity contribution in [3.63, 3.8) is 0 Å². The first-order valence-corrected chi connectivity index (χ1v) is 9.21. The van der Waals surface area contributed by atoms with Crippen LogP contribution in [0.25, 0.3) is 0 Å². The molecule has 2 aliphatic rings. The molecule has 0 aliphatic carbocycles. The second-order valence-electron chi connectivity index (χ2n) is 6.56. The molecule has 1 N–H and O–H groups in total. The van der Waals surface area contributed by atoms with Crippen molar-refractivity contribution in [1.82, 2.24) is 10.2 Å². The maximum atomic E-state index is 6.30. The molecule has 0 radical (unpaired) electrons. The van der Waals surface area contributed by atoms with Crippen LogP contribution in [-0.4, -0.2) is 43.8 Å². The van der Waals surface area contributed by atoms with E-state index in [1.807, 2.05) is 30.3 Å². The van der Waals surface area contributed by atoms with E-state index in [1.165, 1.54) is 5.56 Å². The number of fused-ring (bicyclic) bond motifs is 1. The van der Waals surface area contributed by atoms with E-state index in [2.05, 4.69) is 28.4 Å². The minimum atomic E-state index is 0. The fourth-order valence-corrected chi connectivity index (χ4v) is 3.89. The normalized spacial score (nSPS) is 22.0.